The molecule has 0 radical (unpaired) electrons. The molecule has 0 aromatic heterocycles. The molecule has 2 fully saturated rings. The fourth-order valence-electron chi connectivity index (χ4n) is 3.08. The van der Waals surface area contributed by atoms with Gasteiger partial charge >= 0.3 is 0 Å². The quantitative estimate of drug-likeness (QED) is 0.755. The first-order valence-electron chi connectivity index (χ1n) is 7.57. The van der Waals surface area contributed by atoms with Gasteiger partial charge < -0.3 is 15.8 Å². The van der Waals surface area contributed by atoms with Gasteiger partial charge in [0.15, 0.2) is 0 Å². The van der Waals surface area contributed by atoms with Gasteiger partial charge in [-0.05, 0) is 51.1 Å². The number of hydrogen-bond acceptors (Lipinski definition) is 4. The molecule has 1 atom stereocenters. The van der Waals surface area contributed by atoms with Gasteiger partial charge in [-0.1, -0.05) is 0 Å². The summed E-state index contributed by atoms with van der Waals surface area (Å²) < 4.78 is 5.30. The fourth-order valence-corrected chi connectivity index (χ4v) is 3.08. The van der Waals surface area contributed by atoms with Crippen LogP contribution in [0.4, 0.5) is 0 Å². The Kier molecular flexibility index (Phi) is 6.07. The van der Waals surface area contributed by atoms with Crippen LogP contribution in [0, 0.1) is 5.92 Å². The third-order valence-electron chi connectivity index (χ3n) is 4.13. The summed E-state index contributed by atoms with van der Waals surface area (Å²) in [5.74, 6) is 0.843. The zero-order valence-electron chi connectivity index (χ0n) is 11.8. The van der Waals surface area contributed by atoms with Gasteiger partial charge in [-0.3, -0.25) is 9.69 Å². The van der Waals surface area contributed by atoms with E-state index in [2.05, 4.69) is 10.2 Å². The maximum absolute atomic E-state index is 12.0. The number of piperidine rings is 1. The number of rotatable bonds is 5. The molecule has 0 aromatic carbocycles. The van der Waals surface area contributed by atoms with Crippen LogP contribution >= 0.6 is 0 Å². The zero-order chi connectivity index (χ0) is 13.5. The molecule has 0 aromatic rings. The Labute approximate surface area is 115 Å². The number of likely N-dealkylation sites (tertiary alicyclic amines) is 1. The van der Waals surface area contributed by atoms with E-state index >= 15 is 0 Å². The molecule has 3 N–H and O–H groups in total. The largest absolute Gasteiger partial charge is 0.381 e. The fraction of sp³-hybridized carbons (Fsp3) is 0.929. The Morgan fingerprint density at radius 3 is 2.84 bits per heavy atom. The second kappa shape index (κ2) is 7.82. The van der Waals surface area contributed by atoms with Gasteiger partial charge in [0.1, 0.15) is 0 Å². The summed E-state index contributed by atoms with van der Waals surface area (Å²) in [5, 5.41) is 3.13. The summed E-state index contributed by atoms with van der Waals surface area (Å²) in [4.78, 5) is 14.3. The van der Waals surface area contributed by atoms with E-state index in [0.29, 0.717) is 18.5 Å². The predicted molar refractivity (Wildman–Crippen MR) is 74.8 cm³/mol. The van der Waals surface area contributed by atoms with Crippen molar-refractivity contribution in [2.75, 3.05) is 39.4 Å². The normalized spacial score (nSPS) is 26.3. The third kappa shape index (κ3) is 5.09. The molecule has 0 saturated carbocycles. The monoisotopic (exact) mass is 269 g/mol. The van der Waals surface area contributed by atoms with Crippen molar-refractivity contribution in [1.29, 1.82) is 0 Å². The van der Waals surface area contributed by atoms with Crippen LogP contribution in [-0.4, -0.2) is 56.2 Å². The number of nitrogens with one attached hydrogen (secondary N) is 1. The van der Waals surface area contributed by atoms with E-state index in [1.54, 1.807) is 0 Å². The van der Waals surface area contributed by atoms with Crippen LogP contribution in [0.1, 0.15) is 32.1 Å². The Morgan fingerprint density at radius 2 is 2.11 bits per heavy atom. The minimum atomic E-state index is 0.167. The molecule has 2 rings (SSSR count). The number of nitrogens with zero attached hydrogens (tertiary/aromatic N) is 1. The summed E-state index contributed by atoms with van der Waals surface area (Å²) in [7, 11) is 0. The van der Waals surface area contributed by atoms with Crippen molar-refractivity contribution in [2.45, 2.75) is 38.1 Å². The number of carbonyl (C=O) groups excluding carboxylic acids is 1. The van der Waals surface area contributed by atoms with Crippen LogP contribution in [0.3, 0.4) is 0 Å². The minimum Gasteiger partial charge on any atom is -0.381 e. The lowest BCUT2D eigenvalue weighted by Gasteiger charge is -2.32. The van der Waals surface area contributed by atoms with Crippen LogP contribution in [0.25, 0.3) is 0 Å². The van der Waals surface area contributed by atoms with Crippen molar-refractivity contribution in [1.82, 2.24) is 10.2 Å². The molecule has 0 aliphatic carbocycles. The van der Waals surface area contributed by atoms with Crippen molar-refractivity contribution in [3.8, 4) is 0 Å². The summed E-state index contributed by atoms with van der Waals surface area (Å²) >= 11 is 0. The topological polar surface area (TPSA) is 67.6 Å². The molecule has 2 aliphatic heterocycles. The summed E-state index contributed by atoms with van der Waals surface area (Å²) in [6, 6.07) is 0.311. The van der Waals surface area contributed by atoms with Crippen molar-refractivity contribution in [3.63, 3.8) is 0 Å². The molecule has 19 heavy (non-hydrogen) atoms. The number of carbonyl (C=O) groups is 1. The molecule has 2 heterocycles. The number of hydrogen-bond donors (Lipinski definition) is 2. The molecular weight excluding hydrogens is 242 g/mol. The zero-order valence-corrected chi connectivity index (χ0v) is 11.8. The molecular formula is C14H27N3O2. The van der Waals surface area contributed by atoms with E-state index in [-0.39, 0.29) is 5.91 Å². The van der Waals surface area contributed by atoms with Gasteiger partial charge in [-0.15, -0.1) is 0 Å². The summed E-state index contributed by atoms with van der Waals surface area (Å²) in [6.45, 7) is 4.91. The number of ether oxygens (including phenoxy) is 1. The Bertz CT molecular complexity index is 278. The lowest BCUT2D eigenvalue weighted by molar-refractivity contribution is -0.124. The number of amides is 1. The highest BCUT2D eigenvalue weighted by Gasteiger charge is 2.22. The van der Waals surface area contributed by atoms with E-state index in [9.17, 15) is 4.79 Å². The molecule has 5 nitrogen and oxygen atoms in total. The Hall–Kier alpha value is -0.650. The van der Waals surface area contributed by atoms with E-state index in [1.165, 1.54) is 12.8 Å². The first-order valence-corrected chi connectivity index (χ1v) is 7.57. The van der Waals surface area contributed by atoms with Crippen LogP contribution < -0.4 is 11.1 Å². The van der Waals surface area contributed by atoms with E-state index in [0.717, 1.165) is 52.1 Å². The molecule has 0 bridgehead atoms. The highest BCUT2D eigenvalue weighted by Crippen LogP contribution is 2.18. The maximum Gasteiger partial charge on any atom is 0.234 e. The molecule has 1 amide bonds. The lowest BCUT2D eigenvalue weighted by Crippen LogP contribution is -2.46. The standard InChI is InChI=1S/C14H27N3O2/c15-6-3-12-2-1-7-17(10-12)11-14(18)16-13-4-8-19-9-5-13/h12-13H,1-11,15H2,(H,16,18). The highest BCUT2D eigenvalue weighted by molar-refractivity contribution is 5.78. The smallest absolute Gasteiger partial charge is 0.234 e. The molecule has 0 spiro atoms. The average Bonchev–Trinajstić information content (AvgIpc) is 2.40. The molecule has 2 aliphatic rings. The van der Waals surface area contributed by atoms with Gasteiger partial charge in [0.2, 0.25) is 5.91 Å². The van der Waals surface area contributed by atoms with Crippen LogP contribution in [0.2, 0.25) is 0 Å². The van der Waals surface area contributed by atoms with Crippen molar-refractivity contribution >= 4 is 5.91 Å². The van der Waals surface area contributed by atoms with Crippen LogP contribution in [0.15, 0.2) is 0 Å². The SMILES string of the molecule is NCCC1CCCN(CC(=O)NC2CCOCC2)C1. The van der Waals surface area contributed by atoms with Gasteiger partial charge in [0.05, 0.1) is 6.54 Å². The Morgan fingerprint density at radius 1 is 1.32 bits per heavy atom. The summed E-state index contributed by atoms with van der Waals surface area (Å²) in [6.07, 6.45) is 5.42. The highest BCUT2D eigenvalue weighted by atomic mass is 16.5. The second-order valence-corrected chi connectivity index (χ2v) is 5.77. The second-order valence-electron chi connectivity index (χ2n) is 5.77. The molecule has 5 heteroatoms. The van der Waals surface area contributed by atoms with E-state index < -0.39 is 0 Å². The maximum atomic E-state index is 12.0. The van der Waals surface area contributed by atoms with Crippen molar-refractivity contribution in [2.24, 2.45) is 11.7 Å². The van der Waals surface area contributed by atoms with Gasteiger partial charge in [-0.2, -0.15) is 0 Å². The first-order chi connectivity index (χ1) is 9.28. The van der Waals surface area contributed by atoms with E-state index in [1.807, 2.05) is 0 Å². The van der Waals surface area contributed by atoms with Crippen molar-refractivity contribution < 1.29 is 9.53 Å². The van der Waals surface area contributed by atoms with Gasteiger partial charge in [0, 0.05) is 25.8 Å². The Balaban J connectivity index is 1.68. The van der Waals surface area contributed by atoms with Crippen LogP contribution in [-0.2, 0) is 9.53 Å². The van der Waals surface area contributed by atoms with Crippen molar-refractivity contribution in [3.05, 3.63) is 0 Å². The van der Waals surface area contributed by atoms with Gasteiger partial charge in [-0.25, -0.2) is 0 Å². The number of nitrogens with two attached hydrogens (primary N) is 1. The van der Waals surface area contributed by atoms with Gasteiger partial charge in [0.25, 0.3) is 0 Å². The predicted octanol–water partition coefficient (Wildman–Crippen LogP) is 0.342. The third-order valence-corrected chi connectivity index (χ3v) is 4.13. The molecule has 110 valence electrons. The summed E-state index contributed by atoms with van der Waals surface area (Å²) in [5.41, 5.74) is 5.62. The lowest BCUT2D eigenvalue weighted by atomic mass is 9.95. The first kappa shape index (κ1) is 14.8. The minimum absolute atomic E-state index is 0.167. The molecule has 1 unspecified atom stereocenters. The van der Waals surface area contributed by atoms with Crippen LogP contribution in [0.5, 0.6) is 0 Å². The average molecular weight is 269 g/mol. The van der Waals surface area contributed by atoms with E-state index in [4.69, 9.17) is 10.5 Å². The molecule has 2 saturated heterocycles.